The van der Waals surface area contributed by atoms with Crippen LogP contribution in [0.4, 0.5) is 0 Å². The second kappa shape index (κ2) is 8.16. The van der Waals surface area contributed by atoms with Crippen LogP contribution in [0, 0.1) is 0 Å². The third kappa shape index (κ3) is 4.50. The van der Waals surface area contributed by atoms with E-state index in [-0.39, 0.29) is 0 Å². The van der Waals surface area contributed by atoms with E-state index in [1.807, 2.05) is 0 Å². The minimum absolute atomic E-state index is 0.754. The van der Waals surface area contributed by atoms with Gasteiger partial charge < -0.3 is 0 Å². The fourth-order valence-corrected chi connectivity index (χ4v) is 3.34. The van der Waals surface area contributed by atoms with Gasteiger partial charge >= 0.3 is 0 Å². The minimum Gasteiger partial charge on any atom is -0.292 e. The first-order valence-corrected chi connectivity index (χ1v) is 9.48. The van der Waals surface area contributed by atoms with Gasteiger partial charge in [0.2, 0.25) is 0 Å². The lowest BCUT2D eigenvalue weighted by molar-refractivity contribution is 0.284. The molecular formula is C25H25N. The number of nitrogens with zero attached hydrogens (tertiary/aromatic N) is 1. The topological polar surface area (TPSA) is 3.24 Å². The molecule has 1 fully saturated rings. The van der Waals surface area contributed by atoms with Gasteiger partial charge in [-0.1, -0.05) is 97.1 Å². The molecular weight excluding hydrogens is 314 g/mol. The summed E-state index contributed by atoms with van der Waals surface area (Å²) in [6.07, 6.45) is 7.20. The molecule has 0 unspecified atom stereocenters. The van der Waals surface area contributed by atoms with Crippen LogP contribution in [0.25, 0.3) is 17.2 Å². The maximum absolute atomic E-state index is 2.59. The molecule has 3 aromatic carbocycles. The average molecular weight is 339 g/mol. The molecule has 1 aliphatic rings. The smallest absolute Gasteiger partial charge is 0.0239 e. The van der Waals surface area contributed by atoms with E-state index >= 15 is 0 Å². The SMILES string of the molecule is C(=C\c1ccccc1)/CN(Cc1ccc(-c2ccccc2)cc1)C1CC1. The summed E-state index contributed by atoms with van der Waals surface area (Å²) >= 11 is 0. The Morgan fingerprint density at radius 1 is 0.731 bits per heavy atom. The van der Waals surface area contributed by atoms with Crippen LogP contribution in [-0.4, -0.2) is 17.5 Å². The van der Waals surface area contributed by atoms with Crippen molar-refractivity contribution in [3.05, 3.63) is 102 Å². The van der Waals surface area contributed by atoms with Gasteiger partial charge in [-0.15, -0.1) is 0 Å². The van der Waals surface area contributed by atoms with E-state index in [4.69, 9.17) is 0 Å². The molecule has 0 spiro atoms. The molecule has 0 radical (unpaired) electrons. The Kier molecular flexibility index (Phi) is 5.27. The van der Waals surface area contributed by atoms with E-state index in [0.717, 1.165) is 19.1 Å². The lowest BCUT2D eigenvalue weighted by Gasteiger charge is -2.20. The van der Waals surface area contributed by atoms with Gasteiger partial charge in [0.15, 0.2) is 0 Å². The molecule has 0 heterocycles. The summed E-state index contributed by atoms with van der Waals surface area (Å²) in [5.74, 6) is 0. The Labute approximate surface area is 156 Å². The quantitative estimate of drug-likeness (QED) is 0.508. The normalized spacial score (nSPS) is 14.2. The van der Waals surface area contributed by atoms with E-state index in [1.165, 1.54) is 35.1 Å². The summed E-state index contributed by atoms with van der Waals surface area (Å²) in [6, 6.07) is 30.9. The molecule has 0 aromatic heterocycles. The summed E-state index contributed by atoms with van der Waals surface area (Å²) < 4.78 is 0. The highest BCUT2D eigenvalue weighted by molar-refractivity contribution is 5.63. The van der Waals surface area contributed by atoms with Crippen molar-refractivity contribution in [2.24, 2.45) is 0 Å². The predicted octanol–water partition coefficient (Wildman–Crippen LogP) is 6.03. The number of rotatable bonds is 7. The molecule has 1 nitrogen and oxygen atoms in total. The fourth-order valence-electron chi connectivity index (χ4n) is 3.34. The van der Waals surface area contributed by atoms with Crippen molar-refractivity contribution >= 4 is 6.08 Å². The lowest BCUT2D eigenvalue weighted by Crippen LogP contribution is -2.25. The zero-order valence-electron chi connectivity index (χ0n) is 15.1. The number of hydrogen-bond donors (Lipinski definition) is 0. The highest BCUT2D eigenvalue weighted by Crippen LogP contribution is 2.29. The van der Waals surface area contributed by atoms with Gasteiger partial charge in [-0.2, -0.15) is 0 Å². The molecule has 0 N–H and O–H groups in total. The summed E-state index contributed by atoms with van der Waals surface area (Å²) in [5.41, 5.74) is 5.24. The first-order chi connectivity index (χ1) is 12.9. The van der Waals surface area contributed by atoms with Crippen LogP contribution in [0.2, 0.25) is 0 Å². The summed E-state index contributed by atoms with van der Waals surface area (Å²) in [6.45, 7) is 2.04. The average Bonchev–Trinajstić information content (AvgIpc) is 3.55. The molecule has 0 aliphatic heterocycles. The Morgan fingerprint density at radius 2 is 1.35 bits per heavy atom. The highest BCUT2D eigenvalue weighted by Gasteiger charge is 2.27. The molecule has 0 bridgehead atoms. The van der Waals surface area contributed by atoms with Crippen molar-refractivity contribution in [3.63, 3.8) is 0 Å². The van der Waals surface area contributed by atoms with Crippen LogP contribution >= 0.6 is 0 Å². The van der Waals surface area contributed by atoms with Gasteiger partial charge in [0.05, 0.1) is 0 Å². The first-order valence-electron chi connectivity index (χ1n) is 9.48. The zero-order valence-corrected chi connectivity index (χ0v) is 15.1. The van der Waals surface area contributed by atoms with Crippen LogP contribution in [0.1, 0.15) is 24.0 Å². The Bertz CT molecular complexity index is 830. The van der Waals surface area contributed by atoms with E-state index in [0.29, 0.717) is 0 Å². The first kappa shape index (κ1) is 16.8. The Balaban J connectivity index is 1.40. The molecule has 0 atom stereocenters. The minimum atomic E-state index is 0.754. The third-order valence-corrected chi connectivity index (χ3v) is 4.96. The van der Waals surface area contributed by atoms with E-state index in [2.05, 4.69) is 102 Å². The van der Waals surface area contributed by atoms with Crippen LogP contribution in [-0.2, 0) is 6.54 Å². The molecule has 0 amide bonds. The van der Waals surface area contributed by atoms with Crippen LogP contribution in [0.3, 0.4) is 0 Å². The maximum atomic E-state index is 2.59. The molecule has 26 heavy (non-hydrogen) atoms. The van der Waals surface area contributed by atoms with Crippen molar-refractivity contribution in [1.82, 2.24) is 4.90 Å². The van der Waals surface area contributed by atoms with Gasteiger partial charge in [-0.25, -0.2) is 0 Å². The molecule has 3 aromatic rings. The van der Waals surface area contributed by atoms with Gasteiger partial charge in [-0.3, -0.25) is 4.90 Å². The summed E-state index contributed by atoms with van der Waals surface area (Å²) in [5, 5.41) is 0. The van der Waals surface area contributed by atoms with Crippen molar-refractivity contribution in [1.29, 1.82) is 0 Å². The number of hydrogen-bond acceptors (Lipinski definition) is 1. The van der Waals surface area contributed by atoms with Crippen LogP contribution < -0.4 is 0 Å². The molecule has 1 saturated carbocycles. The van der Waals surface area contributed by atoms with Gasteiger partial charge in [0, 0.05) is 19.1 Å². The van der Waals surface area contributed by atoms with Crippen molar-refractivity contribution in [2.45, 2.75) is 25.4 Å². The molecule has 4 rings (SSSR count). The molecule has 0 saturated heterocycles. The van der Waals surface area contributed by atoms with E-state index < -0.39 is 0 Å². The maximum Gasteiger partial charge on any atom is 0.0239 e. The second-order valence-corrected chi connectivity index (χ2v) is 7.04. The Hall–Kier alpha value is -2.64. The fraction of sp³-hybridized carbons (Fsp3) is 0.200. The Morgan fingerprint density at radius 3 is 2.00 bits per heavy atom. The van der Waals surface area contributed by atoms with Crippen molar-refractivity contribution < 1.29 is 0 Å². The highest BCUT2D eigenvalue weighted by atomic mass is 15.2. The van der Waals surface area contributed by atoms with Crippen LogP contribution in [0.15, 0.2) is 91.0 Å². The predicted molar refractivity (Wildman–Crippen MR) is 111 cm³/mol. The standard InChI is InChI=1S/C25H25N/c1-3-8-21(9-4-1)10-7-19-26(25-17-18-25)20-22-13-15-24(16-14-22)23-11-5-2-6-12-23/h1-16,25H,17-20H2/b10-7+. The van der Waals surface area contributed by atoms with Gasteiger partial charge in [-0.05, 0) is 35.1 Å². The second-order valence-electron chi connectivity index (χ2n) is 7.04. The molecule has 130 valence electrons. The number of benzene rings is 3. The van der Waals surface area contributed by atoms with E-state index in [1.54, 1.807) is 0 Å². The van der Waals surface area contributed by atoms with Crippen molar-refractivity contribution in [3.8, 4) is 11.1 Å². The summed E-state index contributed by atoms with van der Waals surface area (Å²) in [4.78, 5) is 2.59. The van der Waals surface area contributed by atoms with E-state index in [9.17, 15) is 0 Å². The largest absolute Gasteiger partial charge is 0.292 e. The monoisotopic (exact) mass is 339 g/mol. The van der Waals surface area contributed by atoms with Crippen LogP contribution in [0.5, 0.6) is 0 Å². The van der Waals surface area contributed by atoms with Gasteiger partial charge in [0.1, 0.15) is 0 Å². The summed E-state index contributed by atoms with van der Waals surface area (Å²) in [7, 11) is 0. The van der Waals surface area contributed by atoms with Gasteiger partial charge in [0.25, 0.3) is 0 Å². The third-order valence-electron chi connectivity index (χ3n) is 4.96. The molecule has 1 heteroatoms. The lowest BCUT2D eigenvalue weighted by atomic mass is 10.0. The molecule has 1 aliphatic carbocycles. The van der Waals surface area contributed by atoms with Crippen molar-refractivity contribution in [2.75, 3.05) is 6.54 Å². The zero-order chi connectivity index (χ0) is 17.6.